The summed E-state index contributed by atoms with van der Waals surface area (Å²) in [6.07, 6.45) is 0.457. The number of nitrogens with zero attached hydrogens (tertiary/aromatic N) is 3. The van der Waals surface area contributed by atoms with Crippen LogP contribution in [-0.4, -0.2) is 33.3 Å². The summed E-state index contributed by atoms with van der Waals surface area (Å²) in [5.74, 6) is 0.989. The second kappa shape index (κ2) is 5.44. The van der Waals surface area contributed by atoms with Gasteiger partial charge in [0.25, 0.3) is 0 Å². The Balaban J connectivity index is 1.73. The predicted molar refractivity (Wildman–Crippen MR) is 80.0 cm³/mol. The second-order valence-electron chi connectivity index (χ2n) is 6.30. The Morgan fingerprint density at radius 3 is 2.64 bits per heavy atom. The minimum atomic E-state index is -0.513. The van der Waals surface area contributed by atoms with Crippen molar-refractivity contribution < 1.29 is 14.1 Å². The molecule has 1 aliphatic heterocycles. The topological polar surface area (TPSA) is 68.5 Å². The van der Waals surface area contributed by atoms with Crippen molar-refractivity contribution in [1.29, 1.82) is 0 Å². The van der Waals surface area contributed by atoms with E-state index in [9.17, 15) is 4.79 Å². The quantitative estimate of drug-likeness (QED) is 0.850. The molecule has 0 radical (unpaired) electrons. The first-order chi connectivity index (χ1) is 10.4. The molecule has 0 spiro atoms. The molecule has 0 N–H and O–H groups in total. The number of ether oxygens (including phenoxy) is 1. The van der Waals surface area contributed by atoms with Gasteiger partial charge in [-0.15, -0.1) is 0 Å². The minimum absolute atomic E-state index is 0.195. The van der Waals surface area contributed by atoms with Gasteiger partial charge in [0.1, 0.15) is 11.6 Å². The lowest BCUT2D eigenvalue weighted by Gasteiger charge is -2.39. The fourth-order valence-corrected chi connectivity index (χ4v) is 2.26. The molecule has 0 unspecified atom stereocenters. The van der Waals surface area contributed by atoms with E-state index in [1.54, 1.807) is 4.90 Å². The molecule has 1 aromatic carbocycles. The van der Waals surface area contributed by atoms with Crippen LogP contribution in [0.5, 0.6) is 0 Å². The largest absolute Gasteiger partial charge is 0.444 e. The molecule has 0 saturated carbocycles. The Labute approximate surface area is 129 Å². The maximum atomic E-state index is 12.1. The summed E-state index contributed by atoms with van der Waals surface area (Å²) in [5.41, 5.74) is 0.377. The molecule has 2 heterocycles. The van der Waals surface area contributed by atoms with Crippen molar-refractivity contribution in [2.45, 2.75) is 38.8 Å². The van der Waals surface area contributed by atoms with Gasteiger partial charge in [0, 0.05) is 12.1 Å². The van der Waals surface area contributed by atoms with Crippen molar-refractivity contribution >= 4 is 6.09 Å². The lowest BCUT2D eigenvalue weighted by atomic mass is 10.0. The number of carbonyl (C=O) groups is 1. The number of aromatic nitrogens is 2. The van der Waals surface area contributed by atoms with E-state index in [0.717, 1.165) is 12.0 Å². The van der Waals surface area contributed by atoms with E-state index in [1.807, 2.05) is 51.1 Å². The Bertz CT molecular complexity index is 661. The van der Waals surface area contributed by atoms with Gasteiger partial charge in [-0.2, -0.15) is 4.98 Å². The second-order valence-corrected chi connectivity index (χ2v) is 6.30. The highest BCUT2D eigenvalue weighted by molar-refractivity contribution is 5.69. The van der Waals surface area contributed by atoms with E-state index in [-0.39, 0.29) is 12.1 Å². The average molecular weight is 301 g/mol. The van der Waals surface area contributed by atoms with Crippen molar-refractivity contribution in [2.75, 3.05) is 6.54 Å². The molecule has 6 nitrogen and oxygen atoms in total. The number of benzene rings is 1. The van der Waals surface area contributed by atoms with Crippen LogP contribution in [0.3, 0.4) is 0 Å². The van der Waals surface area contributed by atoms with Gasteiger partial charge in [0.2, 0.25) is 11.7 Å². The van der Waals surface area contributed by atoms with E-state index in [2.05, 4.69) is 10.1 Å². The number of carbonyl (C=O) groups excluding carboxylic acids is 1. The Hall–Kier alpha value is -2.37. The van der Waals surface area contributed by atoms with E-state index in [4.69, 9.17) is 9.26 Å². The van der Waals surface area contributed by atoms with Gasteiger partial charge in [-0.05, 0) is 27.2 Å². The molecule has 1 aliphatic rings. The minimum Gasteiger partial charge on any atom is -0.444 e. The highest BCUT2D eigenvalue weighted by atomic mass is 16.6. The predicted octanol–water partition coefficient (Wildman–Crippen LogP) is 3.42. The molecule has 0 aliphatic carbocycles. The smallest absolute Gasteiger partial charge is 0.410 e. The van der Waals surface area contributed by atoms with E-state index in [0.29, 0.717) is 18.3 Å². The molecule has 6 heteroatoms. The van der Waals surface area contributed by atoms with Crippen LogP contribution < -0.4 is 0 Å². The van der Waals surface area contributed by atoms with Crippen molar-refractivity contribution in [3.63, 3.8) is 0 Å². The summed E-state index contributed by atoms with van der Waals surface area (Å²) in [6, 6.07) is 9.41. The van der Waals surface area contributed by atoms with Gasteiger partial charge < -0.3 is 9.26 Å². The standard InChI is InChI=1S/C16H19N3O3/c1-16(2,3)21-15(20)19-10-9-12(19)14-17-13(18-22-14)11-7-5-4-6-8-11/h4-8,12H,9-10H2,1-3H3/t12-/m0/s1. The third-order valence-electron chi connectivity index (χ3n) is 3.41. The van der Waals surface area contributed by atoms with Crippen LogP contribution in [-0.2, 0) is 4.74 Å². The molecule has 0 bridgehead atoms. The Morgan fingerprint density at radius 2 is 2.05 bits per heavy atom. The lowest BCUT2D eigenvalue weighted by molar-refractivity contribution is -0.0119. The zero-order valence-electron chi connectivity index (χ0n) is 12.9. The van der Waals surface area contributed by atoms with Gasteiger partial charge in [-0.25, -0.2) is 4.79 Å². The molecule has 2 aromatic rings. The number of rotatable bonds is 2. The molecule has 1 fully saturated rings. The number of likely N-dealkylation sites (tertiary alicyclic amines) is 1. The molecule has 1 aromatic heterocycles. The summed E-state index contributed by atoms with van der Waals surface area (Å²) in [6.45, 7) is 6.18. The van der Waals surface area contributed by atoms with Crippen molar-refractivity contribution in [2.24, 2.45) is 0 Å². The van der Waals surface area contributed by atoms with Gasteiger partial charge in [-0.1, -0.05) is 35.5 Å². The summed E-state index contributed by atoms with van der Waals surface area (Å²) in [4.78, 5) is 18.1. The first-order valence-corrected chi connectivity index (χ1v) is 7.33. The van der Waals surface area contributed by atoms with Crippen LogP contribution in [0.1, 0.15) is 39.1 Å². The number of hydrogen-bond donors (Lipinski definition) is 0. The van der Waals surface area contributed by atoms with Gasteiger partial charge in [-0.3, -0.25) is 4.90 Å². The normalized spacial score (nSPS) is 18.0. The fourth-order valence-electron chi connectivity index (χ4n) is 2.26. The highest BCUT2D eigenvalue weighted by Crippen LogP contribution is 2.34. The van der Waals surface area contributed by atoms with Gasteiger partial charge in [0.05, 0.1) is 0 Å². The number of hydrogen-bond acceptors (Lipinski definition) is 5. The van der Waals surface area contributed by atoms with Crippen LogP contribution in [0.2, 0.25) is 0 Å². The van der Waals surface area contributed by atoms with Crippen LogP contribution in [0.25, 0.3) is 11.4 Å². The molecule has 22 heavy (non-hydrogen) atoms. The van der Waals surface area contributed by atoms with Crippen LogP contribution >= 0.6 is 0 Å². The third-order valence-corrected chi connectivity index (χ3v) is 3.41. The maximum absolute atomic E-state index is 12.1. The summed E-state index contributed by atoms with van der Waals surface area (Å²) >= 11 is 0. The van der Waals surface area contributed by atoms with Crippen LogP contribution in [0, 0.1) is 0 Å². The molecule has 116 valence electrons. The van der Waals surface area contributed by atoms with Crippen LogP contribution in [0.15, 0.2) is 34.9 Å². The monoisotopic (exact) mass is 301 g/mol. The van der Waals surface area contributed by atoms with Crippen LogP contribution in [0.4, 0.5) is 4.79 Å². The van der Waals surface area contributed by atoms with Gasteiger partial charge in [0.15, 0.2) is 0 Å². The summed E-state index contributed by atoms with van der Waals surface area (Å²) in [7, 11) is 0. The summed E-state index contributed by atoms with van der Waals surface area (Å²) in [5, 5.41) is 3.99. The molecule has 3 rings (SSSR count). The molecule has 1 saturated heterocycles. The zero-order chi connectivity index (χ0) is 15.7. The molecular formula is C16H19N3O3. The highest BCUT2D eigenvalue weighted by Gasteiger charge is 2.39. The third kappa shape index (κ3) is 2.95. The summed E-state index contributed by atoms with van der Waals surface area (Å²) < 4.78 is 10.7. The van der Waals surface area contributed by atoms with E-state index < -0.39 is 5.60 Å². The fraction of sp³-hybridized carbons (Fsp3) is 0.438. The molecule has 1 atom stereocenters. The Kier molecular flexibility index (Phi) is 3.60. The first-order valence-electron chi connectivity index (χ1n) is 7.33. The van der Waals surface area contributed by atoms with Crippen molar-refractivity contribution in [3.05, 3.63) is 36.2 Å². The molecular weight excluding hydrogens is 282 g/mol. The van der Waals surface area contributed by atoms with E-state index >= 15 is 0 Å². The first kappa shape index (κ1) is 14.6. The van der Waals surface area contributed by atoms with Crippen molar-refractivity contribution in [3.8, 4) is 11.4 Å². The number of amides is 1. The van der Waals surface area contributed by atoms with E-state index in [1.165, 1.54) is 0 Å². The van der Waals surface area contributed by atoms with Crippen molar-refractivity contribution in [1.82, 2.24) is 15.0 Å². The Morgan fingerprint density at radius 1 is 1.32 bits per heavy atom. The lowest BCUT2D eigenvalue weighted by Crippen LogP contribution is -2.47. The average Bonchev–Trinajstić information content (AvgIpc) is 2.85. The molecule has 1 amide bonds. The maximum Gasteiger partial charge on any atom is 0.410 e. The van der Waals surface area contributed by atoms with Gasteiger partial charge >= 0.3 is 6.09 Å². The zero-order valence-corrected chi connectivity index (χ0v) is 12.9. The SMILES string of the molecule is CC(C)(C)OC(=O)N1CC[C@H]1c1nc(-c2ccccc2)no1.